The Morgan fingerprint density at radius 1 is 0.778 bits per heavy atom. The van der Waals surface area contributed by atoms with Crippen molar-refractivity contribution in [3.8, 4) is 22.8 Å². The van der Waals surface area contributed by atoms with Gasteiger partial charge >= 0.3 is 12.1 Å². The summed E-state index contributed by atoms with van der Waals surface area (Å²) in [6, 6.07) is 22.9. The number of carboxylic acids is 1. The molecule has 2 heterocycles. The third-order valence-corrected chi connectivity index (χ3v) is 8.80. The van der Waals surface area contributed by atoms with Gasteiger partial charge in [-0.05, 0) is 78.9 Å². The SMILES string of the molecule is CS(=O)(=O)Nc1cccc(Cl)c1-c1nc2ccc(C(=O)O)cc2[nH]1.O=C(Nc1cccc(Cl)c1)c1ccc2nc(-c3c(F)cccc3C(F)(F)F)[nH]c2c1. The Morgan fingerprint density at radius 3 is 1.98 bits per heavy atom. The van der Waals surface area contributed by atoms with Crippen LogP contribution < -0.4 is 10.0 Å². The number of benzene rings is 5. The van der Waals surface area contributed by atoms with E-state index in [-0.39, 0.29) is 22.6 Å². The average Bonchev–Trinajstić information content (AvgIpc) is 3.71. The Labute approximate surface area is 313 Å². The highest BCUT2D eigenvalue weighted by atomic mass is 35.5. The predicted molar refractivity (Wildman–Crippen MR) is 198 cm³/mol. The van der Waals surface area contributed by atoms with Crippen LogP contribution in [-0.2, 0) is 16.2 Å². The van der Waals surface area contributed by atoms with Crippen molar-refractivity contribution in [2.75, 3.05) is 16.3 Å². The number of carboxylic acid groups (broad SMARTS) is 1. The summed E-state index contributed by atoms with van der Waals surface area (Å²) in [6.45, 7) is 0. The lowest BCUT2D eigenvalue weighted by Crippen LogP contribution is -2.11. The highest BCUT2D eigenvalue weighted by Gasteiger charge is 2.36. The van der Waals surface area contributed by atoms with E-state index in [0.717, 1.165) is 24.5 Å². The van der Waals surface area contributed by atoms with Crippen LogP contribution in [-0.4, -0.2) is 51.6 Å². The predicted octanol–water partition coefficient (Wildman–Crippen LogP) is 9.25. The number of hydrogen-bond acceptors (Lipinski definition) is 6. The van der Waals surface area contributed by atoms with Crippen molar-refractivity contribution in [2.45, 2.75) is 6.18 Å². The minimum Gasteiger partial charge on any atom is -0.478 e. The number of hydrogen-bond donors (Lipinski definition) is 5. The normalized spacial score (nSPS) is 11.6. The molecule has 18 heteroatoms. The molecule has 0 aliphatic rings. The first-order chi connectivity index (χ1) is 25.5. The molecule has 5 aromatic carbocycles. The average molecular weight is 800 g/mol. The maximum atomic E-state index is 14.2. The monoisotopic (exact) mass is 798 g/mol. The minimum absolute atomic E-state index is 0.117. The van der Waals surface area contributed by atoms with Gasteiger partial charge in [-0.3, -0.25) is 9.52 Å². The molecule has 0 atom stereocenters. The number of nitrogens with zero attached hydrogens (tertiary/aromatic N) is 2. The van der Waals surface area contributed by atoms with E-state index >= 15 is 0 Å². The zero-order valence-corrected chi connectivity index (χ0v) is 29.7. The topological polar surface area (TPSA) is 170 Å². The van der Waals surface area contributed by atoms with E-state index in [1.54, 1.807) is 48.5 Å². The lowest BCUT2D eigenvalue weighted by molar-refractivity contribution is -0.137. The molecule has 0 fully saturated rings. The van der Waals surface area contributed by atoms with E-state index in [4.69, 9.17) is 28.3 Å². The van der Waals surface area contributed by atoms with Crippen molar-refractivity contribution in [1.82, 2.24) is 19.9 Å². The first-order valence-corrected chi connectivity index (χ1v) is 18.0. The third kappa shape index (κ3) is 8.46. The molecule has 2 aromatic heterocycles. The molecule has 0 bridgehead atoms. The molecule has 7 aromatic rings. The molecule has 0 aliphatic heterocycles. The maximum Gasteiger partial charge on any atom is 0.417 e. The second kappa shape index (κ2) is 14.8. The van der Waals surface area contributed by atoms with Crippen LogP contribution >= 0.6 is 23.2 Å². The van der Waals surface area contributed by atoms with Crippen LogP contribution in [0.25, 0.3) is 44.8 Å². The van der Waals surface area contributed by atoms with Gasteiger partial charge in [0.25, 0.3) is 5.91 Å². The third-order valence-electron chi connectivity index (χ3n) is 7.66. The van der Waals surface area contributed by atoms with Crippen LogP contribution in [0.2, 0.25) is 10.0 Å². The van der Waals surface area contributed by atoms with Crippen molar-refractivity contribution in [1.29, 1.82) is 0 Å². The lowest BCUT2D eigenvalue weighted by atomic mass is 10.1. The van der Waals surface area contributed by atoms with E-state index in [2.05, 4.69) is 30.0 Å². The summed E-state index contributed by atoms with van der Waals surface area (Å²) in [5, 5.41) is 12.5. The number of aromatic amines is 2. The number of aromatic nitrogens is 4. The Morgan fingerprint density at radius 2 is 1.37 bits per heavy atom. The van der Waals surface area contributed by atoms with Crippen LogP contribution in [0.4, 0.5) is 28.9 Å². The summed E-state index contributed by atoms with van der Waals surface area (Å²) in [5.41, 5.74) is 1.33. The van der Waals surface area contributed by atoms with Gasteiger partial charge < -0.3 is 20.4 Å². The standard InChI is InChI=1S/C21H12ClF4N3O.C15H12ClN3O4S/c22-12-3-1-4-13(10-12)27-20(30)11-7-8-16-17(9-11)29-19(28-16)18-14(21(24,25)26)5-2-6-15(18)23;1-24(22,23)19-11-4-2-3-9(16)13(11)14-17-10-6-5-8(15(20)21)7-12(10)18-14/h1-10H,(H,27,30)(H,28,29);2-7,19H,1H3,(H,17,18)(H,20,21). The molecular formula is C36H24Cl2F4N6O5S. The number of carbonyl (C=O) groups excluding carboxylic acids is 1. The molecule has 0 saturated carbocycles. The number of nitrogens with one attached hydrogen (secondary N) is 4. The Kier molecular flexibility index (Phi) is 10.4. The highest BCUT2D eigenvalue weighted by molar-refractivity contribution is 7.92. The summed E-state index contributed by atoms with van der Waals surface area (Å²) < 4.78 is 79.6. The Bertz CT molecular complexity index is 2700. The molecule has 0 unspecified atom stereocenters. The number of halogens is 6. The fourth-order valence-corrected chi connectivity index (χ4v) is 6.37. The van der Waals surface area contributed by atoms with E-state index < -0.39 is 45.0 Å². The number of alkyl halides is 3. The summed E-state index contributed by atoms with van der Waals surface area (Å²) in [4.78, 5) is 37.6. The molecule has 0 aliphatic carbocycles. The van der Waals surface area contributed by atoms with Gasteiger partial charge in [0, 0.05) is 16.3 Å². The number of fused-ring (bicyclic) bond motifs is 2. The van der Waals surface area contributed by atoms with Gasteiger partial charge in [0.05, 0.1) is 61.3 Å². The molecule has 5 N–H and O–H groups in total. The van der Waals surface area contributed by atoms with Crippen LogP contribution in [0, 0.1) is 5.82 Å². The van der Waals surface area contributed by atoms with E-state index in [1.807, 2.05) is 0 Å². The van der Waals surface area contributed by atoms with Crippen molar-refractivity contribution in [3.63, 3.8) is 0 Å². The fourth-order valence-electron chi connectivity index (χ4n) is 5.35. The zero-order valence-electron chi connectivity index (χ0n) is 27.4. The number of carbonyl (C=O) groups is 2. The van der Waals surface area contributed by atoms with Crippen LogP contribution in [0.15, 0.2) is 97.1 Å². The van der Waals surface area contributed by atoms with Crippen molar-refractivity contribution in [3.05, 3.63) is 130 Å². The molecule has 276 valence electrons. The second-order valence-electron chi connectivity index (χ2n) is 11.6. The zero-order chi connectivity index (χ0) is 38.9. The molecular weight excluding hydrogens is 775 g/mol. The maximum absolute atomic E-state index is 14.2. The number of sulfonamides is 1. The van der Waals surface area contributed by atoms with Crippen molar-refractivity contribution < 1.29 is 40.7 Å². The number of aromatic carboxylic acids is 1. The van der Waals surface area contributed by atoms with Crippen LogP contribution in [0.3, 0.4) is 0 Å². The molecule has 7 rings (SSSR count). The number of amides is 1. The van der Waals surface area contributed by atoms with E-state index in [1.165, 1.54) is 30.3 Å². The molecule has 11 nitrogen and oxygen atoms in total. The van der Waals surface area contributed by atoms with Gasteiger partial charge in [-0.25, -0.2) is 27.6 Å². The van der Waals surface area contributed by atoms with Crippen molar-refractivity contribution >= 4 is 78.5 Å². The van der Waals surface area contributed by atoms with Crippen LogP contribution in [0.1, 0.15) is 26.3 Å². The minimum atomic E-state index is -4.75. The Hall–Kier alpha value is -5.97. The first-order valence-electron chi connectivity index (χ1n) is 15.4. The molecule has 54 heavy (non-hydrogen) atoms. The molecule has 0 radical (unpaired) electrons. The summed E-state index contributed by atoms with van der Waals surface area (Å²) in [5.74, 6) is -2.49. The van der Waals surface area contributed by atoms with Gasteiger partial charge in [-0.15, -0.1) is 0 Å². The van der Waals surface area contributed by atoms with Gasteiger partial charge in [-0.2, -0.15) is 13.2 Å². The highest BCUT2D eigenvalue weighted by Crippen LogP contribution is 2.38. The quantitative estimate of drug-likeness (QED) is 0.100. The Balaban J connectivity index is 0.000000189. The lowest BCUT2D eigenvalue weighted by Gasteiger charge is -2.11. The van der Waals surface area contributed by atoms with Gasteiger partial charge in [0.1, 0.15) is 17.5 Å². The summed E-state index contributed by atoms with van der Waals surface area (Å²) in [6.07, 6.45) is -3.71. The number of rotatable bonds is 7. The first kappa shape index (κ1) is 37.8. The summed E-state index contributed by atoms with van der Waals surface area (Å²) in [7, 11) is -3.50. The van der Waals surface area contributed by atoms with Gasteiger partial charge in [-0.1, -0.05) is 41.4 Å². The van der Waals surface area contributed by atoms with E-state index in [0.29, 0.717) is 49.2 Å². The fraction of sp³-hybridized carbons (Fsp3) is 0.0556. The van der Waals surface area contributed by atoms with Crippen LogP contribution in [0.5, 0.6) is 0 Å². The number of H-pyrrole nitrogens is 2. The largest absolute Gasteiger partial charge is 0.478 e. The molecule has 1 amide bonds. The molecule has 0 saturated heterocycles. The van der Waals surface area contributed by atoms with Gasteiger partial charge in [0.2, 0.25) is 10.0 Å². The summed E-state index contributed by atoms with van der Waals surface area (Å²) >= 11 is 12.1. The second-order valence-corrected chi connectivity index (χ2v) is 14.2. The van der Waals surface area contributed by atoms with Gasteiger partial charge in [0.15, 0.2) is 0 Å². The number of imidazole rings is 2. The van der Waals surface area contributed by atoms with E-state index in [9.17, 15) is 35.6 Å². The molecule has 0 spiro atoms. The number of anilines is 2. The smallest absolute Gasteiger partial charge is 0.417 e. The van der Waals surface area contributed by atoms with Crippen molar-refractivity contribution in [2.24, 2.45) is 0 Å².